The van der Waals surface area contributed by atoms with Crippen LogP contribution in [0.3, 0.4) is 0 Å². The molecule has 2 bridgehead atoms. The Labute approximate surface area is 82.9 Å². The van der Waals surface area contributed by atoms with Crippen molar-refractivity contribution >= 4 is 5.97 Å². The zero-order chi connectivity index (χ0) is 9.81. The van der Waals surface area contributed by atoms with Gasteiger partial charge in [0.05, 0.1) is 13.2 Å². The number of ether oxygens (including phenoxy) is 2. The Morgan fingerprint density at radius 1 is 1.57 bits per heavy atom. The second-order valence-electron chi connectivity index (χ2n) is 4.65. The predicted octanol–water partition coefficient (Wildman–Crippen LogP) is 0.0705. The van der Waals surface area contributed by atoms with Gasteiger partial charge >= 0.3 is 5.97 Å². The number of methoxy groups -OCH3 is 1. The van der Waals surface area contributed by atoms with Crippen molar-refractivity contribution < 1.29 is 14.3 Å². The number of carbonyl (C=O) groups excluding carboxylic acids is 1. The maximum absolute atomic E-state index is 11.9. The quantitative estimate of drug-likeness (QED) is 0.604. The van der Waals surface area contributed by atoms with Crippen LogP contribution >= 0.6 is 0 Å². The van der Waals surface area contributed by atoms with Crippen LogP contribution in [0.2, 0.25) is 0 Å². The SMILES string of the molecule is COC(=O)C12CCC(C1)OC21CNC1. The van der Waals surface area contributed by atoms with Gasteiger partial charge in [-0.2, -0.15) is 0 Å². The molecule has 3 fully saturated rings. The van der Waals surface area contributed by atoms with Gasteiger partial charge in [0.1, 0.15) is 11.0 Å². The average Bonchev–Trinajstić information content (AvgIpc) is 2.70. The average molecular weight is 197 g/mol. The largest absolute Gasteiger partial charge is 0.469 e. The van der Waals surface area contributed by atoms with Gasteiger partial charge in [-0.25, -0.2) is 0 Å². The summed E-state index contributed by atoms with van der Waals surface area (Å²) in [7, 11) is 1.47. The highest BCUT2D eigenvalue weighted by atomic mass is 16.5. The Kier molecular flexibility index (Phi) is 1.55. The molecular weight excluding hydrogens is 182 g/mol. The Morgan fingerprint density at radius 3 is 2.86 bits per heavy atom. The first kappa shape index (κ1) is 8.68. The molecule has 1 spiro atoms. The number of carbonyl (C=O) groups is 1. The molecule has 78 valence electrons. The molecule has 3 rings (SSSR count). The van der Waals surface area contributed by atoms with Crippen molar-refractivity contribution in [3.63, 3.8) is 0 Å². The molecule has 0 radical (unpaired) electrons. The van der Waals surface area contributed by atoms with Crippen LogP contribution in [0.1, 0.15) is 19.3 Å². The highest BCUT2D eigenvalue weighted by molar-refractivity contribution is 5.80. The van der Waals surface area contributed by atoms with E-state index in [9.17, 15) is 4.79 Å². The highest BCUT2D eigenvalue weighted by Gasteiger charge is 2.69. The third kappa shape index (κ3) is 0.754. The minimum atomic E-state index is -0.336. The molecule has 0 aromatic heterocycles. The van der Waals surface area contributed by atoms with Crippen LogP contribution < -0.4 is 5.32 Å². The maximum Gasteiger partial charge on any atom is 0.314 e. The molecule has 1 N–H and O–H groups in total. The number of fused-ring (bicyclic) bond motifs is 3. The lowest BCUT2D eigenvalue weighted by molar-refractivity contribution is -0.185. The van der Waals surface area contributed by atoms with Gasteiger partial charge in [0.15, 0.2) is 0 Å². The summed E-state index contributed by atoms with van der Waals surface area (Å²) < 4.78 is 10.9. The van der Waals surface area contributed by atoms with Crippen molar-refractivity contribution in [2.24, 2.45) is 5.41 Å². The fourth-order valence-corrected chi connectivity index (χ4v) is 3.29. The fourth-order valence-electron chi connectivity index (χ4n) is 3.29. The van der Waals surface area contributed by atoms with E-state index in [4.69, 9.17) is 9.47 Å². The molecule has 2 aliphatic heterocycles. The zero-order valence-corrected chi connectivity index (χ0v) is 8.34. The normalized spacial score (nSPS) is 42.5. The second kappa shape index (κ2) is 2.49. The monoisotopic (exact) mass is 197 g/mol. The smallest absolute Gasteiger partial charge is 0.314 e. The molecule has 0 aromatic carbocycles. The lowest BCUT2D eigenvalue weighted by atomic mass is 9.68. The van der Waals surface area contributed by atoms with Crippen LogP contribution in [0.5, 0.6) is 0 Å². The first-order chi connectivity index (χ1) is 6.72. The van der Waals surface area contributed by atoms with Crippen molar-refractivity contribution in [2.45, 2.75) is 31.0 Å². The number of rotatable bonds is 1. The summed E-state index contributed by atoms with van der Waals surface area (Å²) in [4.78, 5) is 11.9. The predicted molar refractivity (Wildman–Crippen MR) is 48.8 cm³/mol. The molecule has 2 saturated heterocycles. The van der Waals surface area contributed by atoms with E-state index in [1.807, 2.05) is 0 Å². The molecule has 4 nitrogen and oxygen atoms in total. The van der Waals surface area contributed by atoms with Gasteiger partial charge in [-0.15, -0.1) is 0 Å². The van der Waals surface area contributed by atoms with E-state index in [0.29, 0.717) is 0 Å². The van der Waals surface area contributed by atoms with Crippen LogP contribution in [0.4, 0.5) is 0 Å². The molecule has 4 heteroatoms. The van der Waals surface area contributed by atoms with Crippen molar-refractivity contribution in [1.82, 2.24) is 5.32 Å². The molecule has 0 amide bonds. The van der Waals surface area contributed by atoms with Gasteiger partial charge in [0, 0.05) is 13.1 Å². The number of hydrogen-bond donors (Lipinski definition) is 1. The molecule has 2 heterocycles. The second-order valence-corrected chi connectivity index (χ2v) is 4.65. The summed E-state index contributed by atoms with van der Waals surface area (Å²) in [5, 5.41) is 3.20. The van der Waals surface area contributed by atoms with Gasteiger partial charge in [-0.3, -0.25) is 4.79 Å². The Morgan fingerprint density at radius 2 is 2.36 bits per heavy atom. The van der Waals surface area contributed by atoms with Crippen molar-refractivity contribution in [1.29, 1.82) is 0 Å². The Bertz CT molecular complexity index is 287. The lowest BCUT2D eigenvalue weighted by Crippen LogP contribution is -2.69. The van der Waals surface area contributed by atoms with E-state index in [1.54, 1.807) is 0 Å². The molecule has 0 aromatic rings. The summed E-state index contributed by atoms with van der Waals surface area (Å²) in [5.74, 6) is -0.0704. The lowest BCUT2D eigenvalue weighted by Gasteiger charge is -2.50. The van der Waals surface area contributed by atoms with Crippen LogP contribution in [0, 0.1) is 5.41 Å². The highest BCUT2D eigenvalue weighted by Crippen LogP contribution is 2.58. The fraction of sp³-hybridized carbons (Fsp3) is 0.900. The van der Waals surface area contributed by atoms with Crippen LogP contribution in [-0.4, -0.2) is 37.9 Å². The number of esters is 1. The van der Waals surface area contributed by atoms with E-state index in [2.05, 4.69) is 5.32 Å². The summed E-state index contributed by atoms with van der Waals surface area (Å²) >= 11 is 0. The molecule has 1 saturated carbocycles. The third-order valence-corrected chi connectivity index (χ3v) is 4.13. The Hall–Kier alpha value is -0.610. The first-order valence-corrected chi connectivity index (χ1v) is 5.19. The van der Waals surface area contributed by atoms with Crippen molar-refractivity contribution in [3.8, 4) is 0 Å². The number of hydrogen-bond acceptors (Lipinski definition) is 4. The molecule has 2 atom stereocenters. The van der Waals surface area contributed by atoms with Gasteiger partial charge in [-0.05, 0) is 19.3 Å². The third-order valence-electron chi connectivity index (χ3n) is 4.13. The van der Waals surface area contributed by atoms with E-state index in [1.165, 1.54) is 7.11 Å². The van der Waals surface area contributed by atoms with Gasteiger partial charge < -0.3 is 14.8 Å². The molecule has 1 aliphatic carbocycles. The maximum atomic E-state index is 11.9. The van der Waals surface area contributed by atoms with Crippen LogP contribution in [-0.2, 0) is 14.3 Å². The van der Waals surface area contributed by atoms with E-state index in [-0.39, 0.29) is 23.1 Å². The molecule has 2 unspecified atom stereocenters. The van der Waals surface area contributed by atoms with Crippen molar-refractivity contribution in [2.75, 3.05) is 20.2 Å². The van der Waals surface area contributed by atoms with Gasteiger partial charge in [0.25, 0.3) is 0 Å². The Balaban J connectivity index is 1.98. The summed E-state index contributed by atoms with van der Waals surface area (Å²) in [5.41, 5.74) is -0.569. The van der Waals surface area contributed by atoms with Crippen LogP contribution in [0.15, 0.2) is 0 Å². The summed E-state index contributed by atoms with van der Waals surface area (Å²) in [6, 6.07) is 0. The van der Waals surface area contributed by atoms with Gasteiger partial charge in [-0.1, -0.05) is 0 Å². The zero-order valence-electron chi connectivity index (χ0n) is 8.34. The standard InChI is InChI=1S/C10H15NO3/c1-13-8(12)9-3-2-7(4-9)14-10(9)5-11-6-10/h7,11H,2-6H2,1H3. The van der Waals surface area contributed by atoms with Crippen LogP contribution in [0.25, 0.3) is 0 Å². The molecule has 3 aliphatic rings. The van der Waals surface area contributed by atoms with E-state index >= 15 is 0 Å². The summed E-state index contributed by atoms with van der Waals surface area (Å²) in [6.07, 6.45) is 3.10. The summed E-state index contributed by atoms with van der Waals surface area (Å²) in [6.45, 7) is 1.61. The first-order valence-electron chi connectivity index (χ1n) is 5.19. The number of nitrogens with one attached hydrogen (secondary N) is 1. The minimum absolute atomic E-state index is 0.0704. The van der Waals surface area contributed by atoms with E-state index in [0.717, 1.165) is 32.4 Å². The molecular formula is C10H15NO3. The van der Waals surface area contributed by atoms with E-state index < -0.39 is 0 Å². The topological polar surface area (TPSA) is 47.6 Å². The van der Waals surface area contributed by atoms with Crippen molar-refractivity contribution in [3.05, 3.63) is 0 Å². The van der Waals surface area contributed by atoms with Gasteiger partial charge in [0.2, 0.25) is 0 Å². The minimum Gasteiger partial charge on any atom is -0.469 e. The molecule has 14 heavy (non-hydrogen) atoms.